The van der Waals surface area contributed by atoms with Crippen LogP contribution in [0.5, 0.6) is 11.5 Å². The molecule has 39 heavy (non-hydrogen) atoms. The molecule has 2 aromatic rings. The molecule has 0 saturated heterocycles. The highest BCUT2D eigenvalue weighted by Crippen LogP contribution is 2.50. The van der Waals surface area contributed by atoms with Crippen LogP contribution in [-0.4, -0.2) is 16.9 Å². The molecule has 1 aliphatic heterocycles. The van der Waals surface area contributed by atoms with Crippen LogP contribution in [0.2, 0.25) is 0 Å². The lowest BCUT2D eigenvalue weighted by atomic mass is 9.78. The fraction of sp³-hybridized carbons (Fsp3) is 0.576. The van der Waals surface area contributed by atoms with Gasteiger partial charge in [-0.3, -0.25) is 9.59 Å². The van der Waals surface area contributed by atoms with E-state index in [4.69, 9.17) is 4.74 Å². The number of carbonyl (C=O) groups is 2. The number of benzene rings is 2. The minimum Gasteiger partial charge on any atom is -0.507 e. The van der Waals surface area contributed by atoms with E-state index in [1.807, 2.05) is 26.0 Å². The summed E-state index contributed by atoms with van der Waals surface area (Å²) in [5.41, 5.74) is 5.13. The number of aromatic hydroxyl groups is 1. The number of hydrogen-bond donors (Lipinski definition) is 1. The van der Waals surface area contributed by atoms with Gasteiger partial charge in [0.05, 0.1) is 0 Å². The van der Waals surface area contributed by atoms with Gasteiger partial charge in [-0.1, -0.05) is 80.5 Å². The summed E-state index contributed by atoms with van der Waals surface area (Å²) in [6.45, 7) is 22.9. The number of carbonyl (C=O) groups excluding carboxylic acids is 2. The molecule has 0 radical (unpaired) electrons. The van der Waals surface area contributed by atoms with Crippen molar-refractivity contribution >= 4 is 11.8 Å². The minimum atomic E-state index is -0.430. The van der Waals surface area contributed by atoms with Crippen LogP contribution in [0.4, 0.5) is 0 Å². The summed E-state index contributed by atoms with van der Waals surface area (Å²) in [4.78, 5) is 24.9. The molecule has 1 aliphatic rings. The lowest BCUT2D eigenvalue weighted by molar-refractivity contribution is -0.122. The average Bonchev–Trinajstić information content (AvgIpc) is 2.78. The first-order chi connectivity index (χ1) is 17.7. The number of phenols is 1. The smallest absolute Gasteiger partial charge is 0.265 e. The Bertz CT molecular complexity index is 1260. The normalized spacial score (nSPS) is 15.1. The van der Waals surface area contributed by atoms with Gasteiger partial charge in [0.25, 0.3) is 11.8 Å². The van der Waals surface area contributed by atoms with E-state index in [1.54, 1.807) is 0 Å². The molecule has 3 rings (SSSR count). The molecular formula is C33H46N2O4. The van der Waals surface area contributed by atoms with Crippen LogP contribution < -0.4 is 4.74 Å². The summed E-state index contributed by atoms with van der Waals surface area (Å²) in [5.74, 6) is 0.425. The molecule has 1 heterocycles. The summed E-state index contributed by atoms with van der Waals surface area (Å²) in [6, 6.07) is 8.15. The minimum absolute atomic E-state index is 0.0779. The Hall–Kier alpha value is -3.02. The van der Waals surface area contributed by atoms with Crippen LogP contribution in [0.1, 0.15) is 122 Å². The van der Waals surface area contributed by atoms with Gasteiger partial charge in [-0.25, -0.2) is 0 Å². The van der Waals surface area contributed by atoms with Crippen molar-refractivity contribution in [1.29, 1.82) is 0 Å². The van der Waals surface area contributed by atoms with Crippen LogP contribution in [0.25, 0.3) is 0 Å². The predicted octanol–water partition coefficient (Wildman–Crippen LogP) is 7.98. The average molecular weight is 535 g/mol. The van der Waals surface area contributed by atoms with Gasteiger partial charge in [0.2, 0.25) is 0 Å². The molecule has 0 spiro atoms. The topological polar surface area (TPSA) is 88.3 Å². The largest absolute Gasteiger partial charge is 0.507 e. The molecule has 0 aliphatic carbocycles. The number of azo groups is 1. The van der Waals surface area contributed by atoms with E-state index < -0.39 is 11.8 Å². The van der Waals surface area contributed by atoms with Gasteiger partial charge in [0, 0.05) is 24.0 Å². The summed E-state index contributed by atoms with van der Waals surface area (Å²) < 4.78 is 6.03. The molecule has 2 aromatic carbocycles. The van der Waals surface area contributed by atoms with Gasteiger partial charge in [0.15, 0.2) is 0 Å². The van der Waals surface area contributed by atoms with Gasteiger partial charge in [0.1, 0.15) is 17.1 Å². The van der Waals surface area contributed by atoms with Gasteiger partial charge in [-0.2, -0.15) is 0 Å². The predicted molar refractivity (Wildman–Crippen MR) is 156 cm³/mol. The first kappa shape index (κ1) is 30.5. The summed E-state index contributed by atoms with van der Waals surface area (Å²) in [7, 11) is 0. The maximum Gasteiger partial charge on any atom is 0.265 e. The molecule has 1 N–H and O–H groups in total. The number of ether oxygens (including phenoxy) is 1. The molecule has 0 atom stereocenters. The van der Waals surface area contributed by atoms with Crippen LogP contribution in [-0.2, 0) is 44.3 Å². The Morgan fingerprint density at radius 1 is 0.718 bits per heavy atom. The second-order valence-corrected chi connectivity index (χ2v) is 14.4. The number of amides is 2. The third-order valence-corrected chi connectivity index (χ3v) is 7.28. The molecule has 0 unspecified atom stereocenters. The van der Waals surface area contributed by atoms with Crippen LogP contribution in [0, 0.1) is 0 Å². The summed E-state index contributed by atoms with van der Waals surface area (Å²) >= 11 is 0. The highest BCUT2D eigenvalue weighted by atomic mass is 16.5. The first-order valence-corrected chi connectivity index (χ1v) is 13.9. The molecule has 6 heteroatoms. The van der Waals surface area contributed by atoms with Crippen molar-refractivity contribution in [2.45, 2.75) is 124 Å². The molecular weight excluding hydrogens is 488 g/mol. The Kier molecular flexibility index (Phi) is 8.23. The summed E-state index contributed by atoms with van der Waals surface area (Å²) in [5, 5.41) is 18.3. The van der Waals surface area contributed by atoms with Crippen LogP contribution >= 0.6 is 0 Å². The first-order valence-electron chi connectivity index (χ1n) is 13.9. The second-order valence-electron chi connectivity index (χ2n) is 14.4. The number of phenolic OH excluding ortho intramolecular Hbond substituents is 1. The molecule has 6 nitrogen and oxygen atoms in total. The molecule has 0 bridgehead atoms. The van der Waals surface area contributed by atoms with Crippen molar-refractivity contribution in [2.75, 3.05) is 0 Å². The molecule has 0 saturated carbocycles. The van der Waals surface area contributed by atoms with E-state index in [0.717, 1.165) is 39.1 Å². The van der Waals surface area contributed by atoms with E-state index in [0.29, 0.717) is 18.6 Å². The highest BCUT2D eigenvalue weighted by molar-refractivity contribution is 5.81. The standard InChI is InChI=1S/C33H46N2O4/c1-30(2,3)22-16-20(17-23(28(22)38)31(4,5)6)12-14-26(36)34-35-27(37)15-13-21-18-24(32(7,8)9)29-25(19-21)33(10,11)39-29/h16-19,38H,12-15H2,1-11H3/b35-34+. The fourth-order valence-corrected chi connectivity index (χ4v) is 4.91. The molecule has 2 amide bonds. The van der Waals surface area contributed by atoms with E-state index in [9.17, 15) is 14.7 Å². The number of fused-ring (bicyclic) bond motifs is 1. The van der Waals surface area contributed by atoms with Gasteiger partial charge < -0.3 is 9.84 Å². The molecule has 0 fully saturated rings. The summed E-state index contributed by atoms with van der Waals surface area (Å²) in [6.07, 6.45) is 1.31. The monoisotopic (exact) mass is 534 g/mol. The van der Waals surface area contributed by atoms with Crippen molar-refractivity contribution in [2.24, 2.45) is 10.2 Å². The maximum absolute atomic E-state index is 12.5. The van der Waals surface area contributed by atoms with Gasteiger partial charge in [-0.15, -0.1) is 10.2 Å². The van der Waals surface area contributed by atoms with Crippen LogP contribution in [0.3, 0.4) is 0 Å². The number of hydrogen-bond acceptors (Lipinski definition) is 4. The van der Waals surface area contributed by atoms with Crippen molar-refractivity contribution in [1.82, 2.24) is 0 Å². The van der Waals surface area contributed by atoms with Crippen molar-refractivity contribution in [3.8, 4) is 11.5 Å². The third-order valence-electron chi connectivity index (χ3n) is 7.28. The van der Waals surface area contributed by atoms with Crippen molar-refractivity contribution in [3.63, 3.8) is 0 Å². The maximum atomic E-state index is 12.5. The third kappa shape index (κ3) is 7.14. The van der Waals surface area contributed by atoms with E-state index in [-0.39, 0.29) is 34.7 Å². The quantitative estimate of drug-likeness (QED) is 0.381. The Balaban J connectivity index is 1.64. The van der Waals surface area contributed by atoms with Crippen molar-refractivity contribution in [3.05, 3.63) is 57.6 Å². The Labute approximate surface area is 234 Å². The zero-order chi connectivity index (χ0) is 29.6. The Morgan fingerprint density at radius 3 is 1.49 bits per heavy atom. The number of aryl methyl sites for hydroxylation is 2. The number of rotatable bonds is 6. The van der Waals surface area contributed by atoms with Crippen LogP contribution in [0.15, 0.2) is 34.5 Å². The fourth-order valence-electron chi connectivity index (χ4n) is 4.91. The Morgan fingerprint density at radius 2 is 1.10 bits per heavy atom. The lowest BCUT2D eigenvalue weighted by Crippen LogP contribution is -2.37. The zero-order valence-corrected chi connectivity index (χ0v) is 25.7. The highest BCUT2D eigenvalue weighted by Gasteiger charge is 2.40. The lowest BCUT2D eigenvalue weighted by Gasteiger charge is -2.42. The van der Waals surface area contributed by atoms with E-state index in [2.05, 4.69) is 84.7 Å². The van der Waals surface area contributed by atoms with Crippen molar-refractivity contribution < 1.29 is 19.4 Å². The SMILES string of the molecule is CC(C)(C)c1cc(CCC(=O)/N=N/C(=O)CCc2cc(C(C)(C)C)c3c(c2)C(C)(C)O3)cc(C(C)(C)C)c1O. The van der Waals surface area contributed by atoms with E-state index >= 15 is 0 Å². The van der Waals surface area contributed by atoms with Gasteiger partial charge in [-0.05, 0) is 71.3 Å². The van der Waals surface area contributed by atoms with E-state index in [1.165, 1.54) is 0 Å². The molecule has 0 aromatic heterocycles. The zero-order valence-electron chi connectivity index (χ0n) is 25.7. The molecule has 212 valence electrons. The second kappa shape index (κ2) is 10.5. The number of nitrogens with zero attached hydrogens (tertiary/aromatic N) is 2. The van der Waals surface area contributed by atoms with Gasteiger partial charge >= 0.3 is 0 Å².